The number of H-pyrrole nitrogens is 1. The van der Waals surface area contributed by atoms with Crippen molar-refractivity contribution in [1.29, 1.82) is 0 Å². The number of benzene rings is 1. The van der Waals surface area contributed by atoms with Crippen molar-refractivity contribution in [2.24, 2.45) is 0 Å². The molecule has 1 aromatic carbocycles. The summed E-state index contributed by atoms with van der Waals surface area (Å²) in [6.45, 7) is 0. The lowest BCUT2D eigenvalue weighted by Crippen LogP contribution is -1.76. The molecule has 3 nitrogen and oxygen atoms in total. The molecule has 0 aliphatic rings. The van der Waals surface area contributed by atoms with Gasteiger partial charge in [-0.15, -0.1) is 0 Å². The van der Waals surface area contributed by atoms with Crippen molar-refractivity contribution >= 4 is 22.1 Å². The Labute approximate surface area is 78.6 Å². The van der Waals surface area contributed by atoms with Gasteiger partial charge >= 0.3 is 0 Å². The normalized spacial score (nSPS) is 11.2. The van der Waals surface area contributed by atoms with E-state index in [1.807, 2.05) is 0 Å². The summed E-state index contributed by atoms with van der Waals surface area (Å²) in [6.07, 6.45) is 3.23. The van der Waals surface area contributed by atoms with Gasteiger partial charge in [0.15, 0.2) is 5.65 Å². The van der Waals surface area contributed by atoms with Gasteiger partial charge in [-0.3, -0.25) is 4.98 Å². The quantitative estimate of drug-likeness (QED) is 0.586. The van der Waals surface area contributed by atoms with Gasteiger partial charge in [0, 0.05) is 17.8 Å². The highest BCUT2D eigenvalue weighted by molar-refractivity contribution is 6.03. The molecule has 0 atom stereocenters. The summed E-state index contributed by atoms with van der Waals surface area (Å²) in [7, 11) is 0. The van der Waals surface area contributed by atoms with Crippen molar-refractivity contribution in [3.8, 4) is 0 Å². The van der Waals surface area contributed by atoms with Gasteiger partial charge in [0.2, 0.25) is 0 Å². The van der Waals surface area contributed by atoms with Gasteiger partial charge in [0.05, 0.1) is 5.52 Å². The third kappa shape index (κ3) is 0.907. The van der Waals surface area contributed by atoms with E-state index in [1.165, 1.54) is 12.1 Å². The second-order valence-electron chi connectivity index (χ2n) is 3.07. The molecule has 14 heavy (non-hydrogen) atoms. The standard InChI is InChI=1S/C10H6FN3/c11-6-1-2-7-8(5-6)14-10-9(7)12-3-4-13-10/h1-5H,(H,13,14). The Morgan fingerprint density at radius 2 is 2.00 bits per heavy atom. The molecule has 68 valence electrons. The zero-order chi connectivity index (χ0) is 9.54. The van der Waals surface area contributed by atoms with E-state index in [4.69, 9.17) is 0 Å². The third-order valence-corrected chi connectivity index (χ3v) is 2.19. The second-order valence-corrected chi connectivity index (χ2v) is 3.07. The second kappa shape index (κ2) is 2.51. The number of rotatable bonds is 0. The van der Waals surface area contributed by atoms with E-state index < -0.39 is 0 Å². The minimum Gasteiger partial charge on any atom is -0.338 e. The Morgan fingerprint density at radius 3 is 2.93 bits per heavy atom. The molecule has 2 heterocycles. The van der Waals surface area contributed by atoms with Gasteiger partial charge in [0.1, 0.15) is 11.3 Å². The van der Waals surface area contributed by atoms with E-state index in [0.717, 1.165) is 16.4 Å². The van der Waals surface area contributed by atoms with Crippen molar-refractivity contribution in [2.45, 2.75) is 0 Å². The van der Waals surface area contributed by atoms with E-state index in [2.05, 4.69) is 15.0 Å². The third-order valence-electron chi connectivity index (χ3n) is 2.19. The molecule has 3 rings (SSSR count). The fraction of sp³-hybridized carbons (Fsp3) is 0. The number of fused-ring (bicyclic) bond motifs is 3. The number of aromatic nitrogens is 3. The van der Waals surface area contributed by atoms with Crippen LogP contribution >= 0.6 is 0 Å². The van der Waals surface area contributed by atoms with E-state index in [9.17, 15) is 4.39 Å². The molecule has 0 bridgehead atoms. The van der Waals surface area contributed by atoms with E-state index in [0.29, 0.717) is 5.65 Å². The molecule has 0 unspecified atom stereocenters. The van der Waals surface area contributed by atoms with Crippen LogP contribution in [0.3, 0.4) is 0 Å². The maximum absolute atomic E-state index is 12.9. The van der Waals surface area contributed by atoms with Crippen LogP contribution in [0.25, 0.3) is 22.1 Å². The molecule has 4 heteroatoms. The maximum Gasteiger partial charge on any atom is 0.157 e. The summed E-state index contributed by atoms with van der Waals surface area (Å²) < 4.78 is 12.9. The summed E-state index contributed by atoms with van der Waals surface area (Å²) in [6, 6.07) is 4.57. The molecular weight excluding hydrogens is 181 g/mol. The Bertz CT molecular complexity index is 615. The molecule has 0 saturated carbocycles. The van der Waals surface area contributed by atoms with Crippen molar-refractivity contribution < 1.29 is 4.39 Å². The van der Waals surface area contributed by atoms with Gasteiger partial charge in [-0.05, 0) is 18.2 Å². The van der Waals surface area contributed by atoms with Gasteiger partial charge in [0.25, 0.3) is 0 Å². The van der Waals surface area contributed by atoms with Crippen LogP contribution in [0.15, 0.2) is 30.6 Å². The number of nitrogens with one attached hydrogen (secondary N) is 1. The molecule has 0 saturated heterocycles. The molecule has 0 amide bonds. The predicted octanol–water partition coefficient (Wildman–Crippen LogP) is 2.25. The molecule has 0 spiro atoms. The zero-order valence-electron chi connectivity index (χ0n) is 7.16. The molecule has 1 N–H and O–H groups in total. The SMILES string of the molecule is Fc1ccc2c(c1)[nH]c1nccnc12. The zero-order valence-corrected chi connectivity index (χ0v) is 7.16. The van der Waals surface area contributed by atoms with Gasteiger partial charge in [-0.25, -0.2) is 9.37 Å². The highest BCUT2D eigenvalue weighted by Crippen LogP contribution is 2.21. The van der Waals surface area contributed by atoms with Crippen molar-refractivity contribution in [1.82, 2.24) is 15.0 Å². The minimum absolute atomic E-state index is 0.260. The molecule has 3 aromatic rings. The van der Waals surface area contributed by atoms with E-state index in [1.54, 1.807) is 18.5 Å². The van der Waals surface area contributed by atoms with Crippen LogP contribution in [0.4, 0.5) is 4.39 Å². The van der Waals surface area contributed by atoms with Crippen LogP contribution in [0.1, 0.15) is 0 Å². The first-order chi connectivity index (χ1) is 6.84. The average molecular weight is 187 g/mol. The van der Waals surface area contributed by atoms with Gasteiger partial charge in [-0.2, -0.15) is 0 Å². The van der Waals surface area contributed by atoms with Crippen LogP contribution in [-0.4, -0.2) is 15.0 Å². The van der Waals surface area contributed by atoms with E-state index >= 15 is 0 Å². The van der Waals surface area contributed by atoms with E-state index in [-0.39, 0.29) is 5.82 Å². The molecular formula is C10H6FN3. The summed E-state index contributed by atoms with van der Waals surface area (Å²) in [4.78, 5) is 11.3. The number of hydrogen-bond acceptors (Lipinski definition) is 2. The highest BCUT2D eigenvalue weighted by atomic mass is 19.1. The predicted molar refractivity (Wildman–Crippen MR) is 51.4 cm³/mol. The lowest BCUT2D eigenvalue weighted by Gasteiger charge is -1.88. The molecule has 2 aromatic heterocycles. The first-order valence-corrected chi connectivity index (χ1v) is 4.22. The number of halogens is 1. The van der Waals surface area contributed by atoms with Crippen LogP contribution in [-0.2, 0) is 0 Å². The lowest BCUT2D eigenvalue weighted by atomic mass is 10.2. The molecule has 0 aliphatic heterocycles. The largest absolute Gasteiger partial charge is 0.338 e. The topological polar surface area (TPSA) is 41.6 Å². The Morgan fingerprint density at radius 1 is 1.14 bits per heavy atom. The fourth-order valence-electron chi connectivity index (χ4n) is 1.58. The number of aromatic amines is 1. The summed E-state index contributed by atoms with van der Waals surface area (Å²) >= 11 is 0. The van der Waals surface area contributed by atoms with Crippen LogP contribution < -0.4 is 0 Å². The smallest absolute Gasteiger partial charge is 0.157 e. The van der Waals surface area contributed by atoms with Crippen LogP contribution in [0, 0.1) is 5.82 Å². The van der Waals surface area contributed by atoms with Crippen LogP contribution in [0.2, 0.25) is 0 Å². The lowest BCUT2D eigenvalue weighted by molar-refractivity contribution is 0.629. The Balaban J connectivity index is 2.57. The Kier molecular flexibility index (Phi) is 1.33. The number of nitrogens with zero attached hydrogens (tertiary/aromatic N) is 2. The first kappa shape index (κ1) is 7.44. The monoisotopic (exact) mass is 187 g/mol. The summed E-state index contributed by atoms with van der Waals surface area (Å²) in [5.41, 5.74) is 2.20. The van der Waals surface area contributed by atoms with Gasteiger partial charge < -0.3 is 4.98 Å². The maximum atomic E-state index is 12.9. The molecule has 0 aliphatic carbocycles. The van der Waals surface area contributed by atoms with Crippen molar-refractivity contribution in [3.05, 3.63) is 36.4 Å². The number of hydrogen-bond donors (Lipinski definition) is 1. The fourth-order valence-corrected chi connectivity index (χ4v) is 1.58. The summed E-state index contributed by atoms with van der Waals surface area (Å²) in [5, 5.41) is 0.898. The highest BCUT2D eigenvalue weighted by Gasteiger charge is 2.05. The Hall–Kier alpha value is -1.97. The molecule has 0 radical (unpaired) electrons. The van der Waals surface area contributed by atoms with Crippen molar-refractivity contribution in [3.63, 3.8) is 0 Å². The van der Waals surface area contributed by atoms with Crippen LogP contribution in [0.5, 0.6) is 0 Å². The van der Waals surface area contributed by atoms with Gasteiger partial charge in [-0.1, -0.05) is 0 Å². The minimum atomic E-state index is -0.260. The average Bonchev–Trinajstić information content (AvgIpc) is 2.54. The first-order valence-electron chi connectivity index (χ1n) is 4.22. The van der Waals surface area contributed by atoms with Crippen molar-refractivity contribution in [2.75, 3.05) is 0 Å². The summed E-state index contributed by atoms with van der Waals surface area (Å²) in [5.74, 6) is -0.260. The molecule has 0 fully saturated rings.